The molecule has 0 saturated carbocycles. The number of rotatable bonds is 4. The van der Waals surface area contributed by atoms with Crippen LogP contribution in [0.3, 0.4) is 0 Å². The first-order valence-corrected chi connectivity index (χ1v) is 6.40. The Morgan fingerprint density at radius 1 is 1.20 bits per heavy atom. The van der Waals surface area contributed by atoms with Crippen molar-refractivity contribution in [3.05, 3.63) is 0 Å². The molecule has 0 N–H and O–H groups in total. The molecular formula is C11H19ClO3. The van der Waals surface area contributed by atoms with E-state index in [1.807, 2.05) is 0 Å². The van der Waals surface area contributed by atoms with E-state index in [1.54, 1.807) is 0 Å². The number of hydrogen-bond acceptors (Lipinski definition) is 3. The molecular weight excluding hydrogens is 216 g/mol. The molecule has 0 aromatic rings. The van der Waals surface area contributed by atoms with Crippen LogP contribution >= 0.6 is 11.6 Å². The van der Waals surface area contributed by atoms with Crippen LogP contribution in [-0.4, -0.2) is 31.2 Å². The van der Waals surface area contributed by atoms with Gasteiger partial charge in [0.1, 0.15) is 0 Å². The van der Waals surface area contributed by atoms with E-state index in [9.17, 15) is 0 Å². The zero-order valence-electron chi connectivity index (χ0n) is 9.04. The number of hydrogen-bond donors (Lipinski definition) is 0. The van der Waals surface area contributed by atoms with Crippen LogP contribution in [0.25, 0.3) is 0 Å². The molecule has 88 valence electrons. The molecule has 0 amide bonds. The highest BCUT2D eigenvalue weighted by Gasteiger charge is 2.42. The predicted octanol–water partition coefficient (Wildman–Crippen LogP) is 2.67. The molecule has 0 bridgehead atoms. The van der Waals surface area contributed by atoms with Crippen molar-refractivity contribution in [1.29, 1.82) is 0 Å². The van der Waals surface area contributed by atoms with E-state index in [4.69, 9.17) is 25.8 Å². The fourth-order valence-electron chi connectivity index (χ4n) is 2.16. The van der Waals surface area contributed by atoms with Gasteiger partial charge in [-0.1, -0.05) is 0 Å². The Bertz CT molecular complexity index is 192. The Balaban J connectivity index is 1.76. The fraction of sp³-hybridized carbons (Fsp3) is 1.00. The molecule has 2 atom stereocenters. The molecule has 1 spiro atoms. The Hall–Kier alpha value is 0.170. The lowest BCUT2D eigenvalue weighted by Crippen LogP contribution is -2.44. The lowest BCUT2D eigenvalue weighted by Gasteiger charge is -2.37. The lowest BCUT2D eigenvalue weighted by atomic mass is 10.1. The van der Waals surface area contributed by atoms with Crippen LogP contribution in [0.5, 0.6) is 0 Å². The molecule has 0 aliphatic carbocycles. The summed E-state index contributed by atoms with van der Waals surface area (Å²) in [5.41, 5.74) is 0. The number of halogens is 1. The van der Waals surface area contributed by atoms with Crippen LogP contribution in [0.2, 0.25) is 0 Å². The van der Waals surface area contributed by atoms with Crippen LogP contribution in [0.4, 0.5) is 0 Å². The van der Waals surface area contributed by atoms with Crippen molar-refractivity contribution in [1.82, 2.24) is 0 Å². The van der Waals surface area contributed by atoms with E-state index in [2.05, 4.69) is 0 Å². The largest absolute Gasteiger partial charge is 0.327 e. The van der Waals surface area contributed by atoms with E-state index in [0.717, 1.165) is 57.6 Å². The summed E-state index contributed by atoms with van der Waals surface area (Å²) in [6, 6.07) is 0. The SMILES string of the molecule is ClCCCCC1CCOC2(CCCO2)O1. The molecule has 2 heterocycles. The van der Waals surface area contributed by atoms with E-state index in [-0.39, 0.29) is 0 Å². The highest BCUT2D eigenvalue weighted by molar-refractivity contribution is 6.17. The van der Waals surface area contributed by atoms with Crippen molar-refractivity contribution in [3.8, 4) is 0 Å². The molecule has 0 aromatic heterocycles. The van der Waals surface area contributed by atoms with Gasteiger partial charge in [0, 0.05) is 12.3 Å². The van der Waals surface area contributed by atoms with Crippen LogP contribution in [-0.2, 0) is 14.2 Å². The molecule has 4 heteroatoms. The van der Waals surface area contributed by atoms with Gasteiger partial charge in [0.25, 0.3) is 5.97 Å². The van der Waals surface area contributed by atoms with Gasteiger partial charge in [-0.15, -0.1) is 11.6 Å². The van der Waals surface area contributed by atoms with Crippen LogP contribution in [0, 0.1) is 0 Å². The molecule has 2 unspecified atom stereocenters. The Labute approximate surface area is 96.0 Å². The van der Waals surface area contributed by atoms with Gasteiger partial charge >= 0.3 is 0 Å². The minimum Gasteiger partial charge on any atom is -0.327 e. The van der Waals surface area contributed by atoms with Gasteiger partial charge in [0.15, 0.2) is 0 Å². The lowest BCUT2D eigenvalue weighted by molar-refractivity contribution is -0.398. The molecule has 3 nitrogen and oxygen atoms in total. The summed E-state index contributed by atoms with van der Waals surface area (Å²) in [5, 5.41) is 0. The summed E-state index contributed by atoms with van der Waals surface area (Å²) in [4.78, 5) is 0. The Morgan fingerprint density at radius 2 is 2.07 bits per heavy atom. The third-order valence-electron chi connectivity index (χ3n) is 2.97. The topological polar surface area (TPSA) is 27.7 Å². The van der Waals surface area contributed by atoms with Crippen molar-refractivity contribution in [2.24, 2.45) is 0 Å². The maximum atomic E-state index is 5.89. The molecule has 2 aliphatic heterocycles. The minimum atomic E-state index is -0.691. The average Bonchev–Trinajstić information content (AvgIpc) is 2.67. The summed E-state index contributed by atoms with van der Waals surface area (Å²) >= 11 is 5.65. The van der Waals surface area contributed by atoms with Gasteiger partial charge in [-0.3, -0.25) is 0 Å². The third-order valence-corrected chi connectivity index (χ3v) is 3.23. The first kappa shape index (κ1) is 11.6. The second kappa shape index (κ2) is 5.48. The van der Waals surface area contributed by atoms with Crippen LogP contribution in [0.1, 0.15) is 38.5 Å². The molecule has 0 radical (unpaired) electrons. The molecule has 2 fully saturated rings. The van der Waals surface area contributed by atoms with Gasteiger partial charge in [0.05, 0.1) is 19.3 Å². The van der Waals surface area contributed by atoms with E-state index in [0.29, 0.717) is 6.10 Å². The molecule has 2 saturated heterocycles. The second-order valence-corrected chi connectivity index (χ2v) is 4.57. The normalized spacial score (nSPS) is 36.2. The maximum absolute atomic E-state index is 5.89. The minimum absolute atomic E-state index is 0.292. The highest BCUT2D eigenvalue weighted by atomic mass is 35.5. The van der Waals surface area contributed by atoms with Crippen molar-refractivity contribution in [3.63, 3.8) is 0 Å². The quantitative estimate of drug-likeness (QED) is 0.553. The van der Waals surface area contributed by atoms with Gasteiger partial charge < -0.3 is 14.2 Å². The maximum Gasteiger partial charge on any atom is 0.283 e. The van der Waals surface area contributed by atoms with E-state index < -0.39 is 5.97 Å². The van der Waals surface area contributed by atoms with E-state index >= 15 is 0 Å². The molecule has 0 aromatic carbocycles. The molecule has 2 aliphatic rings. The summed E-state index contributed by atoms with van der Waals surface area (Å²) in [6.45, 7) is 1.51. The van der Waals surface area contributed by atoms with Crippen LogP contribution in [0.15, 0.2) is 0 Å². The number of ether oxygens (including phenoxy) is 3. The first-order valence-electron chi connectivity index (χ1n) is 5.86. The fourth-order valence-corrected chi connectivity index (χ4v) is 2.35. The standard InChI is InChI=1S/C11H19ClO3/c12-7-2-1-4-10-5-9-14-11(15-10)6-3-8-13-11/h10H,1-9H2. The van der Waals surface area contributed by atoms with E-state index in [1.165, 1.54) is 0 Å². The van der Waals surface area contributed by atoms with Crippen molar-refractivity contribution >= 4 is 11.6 Å². The third kappa shape index (κ3) is 3.06. The number of unbranched alkanes of at least 4 members (excludes halogenated alkanes) is 1. The monoisotopic (exact) mass is 234 g/mol. The summed E-state index contributed by atoms with van der Waals surface area (Å²) < 4.78 is 17.0. The van der Waals surface area contributed by atoms with Gasteiger partial charge in [0.2, 0.25) is 0 Å². The molecule has 2 rings (SSSR count). The van der Waals surface area contributed by atoms with Crippen molar-refractivity contribution < 1.29 is 14.2 Å². The summed E-state index contributed by atoms with van der Waals surface area (Å²) in [5.74, 6) is 0.0503. The van der Waals surface area contributed by atoms with Crippen molar-refractivity contribution in [2.45, 2.75) is 50.6 Å². The zero-order chi connectivity index (χ0) is 10.6. The van der Waals surface area contributed by atoms with Crippen LogP contribution < -0.4 is 0 Å². The van der Waals surface area contributed by atoms with Gasteiger partial charge in [-0.25, -0.2) is 0 Å². The predicted molar refractivity (Wildman–Crippen MR) is 57.9 cm³/mol. The summed E-state index contributed by atoms with van der Waals surface area (Å²) in [7, 11) is 0. The zero-order valence-corrected chi connectivity index (χ0v) is 9.80. The first-order chi connectivity index (χ1) is 7.35. The second-order valence-electron chi connectivity index (χ2n) is 4.20. The smallest absolute Gasteiger partial charge is 0.283 e. The number of alkyl halides is 1. The highest BCUT2D eigenvalue weighted by Crippen LogP contribution is 2.34. The van der Waals surface area contributed by atoms with Crippen molar-refractivity contribution in [2.75, 3.05) is 19.1 Å². The molecule has 15 heavy (non-hydrogen) atoms. The van der Waals surface area contributed by atoms with Gasteiger partial charge in [-0.2, -0.15) is 0 Å². The average molecular weight is 235 g/mol. The Kier molecular flexibility index (Phi) is 4.26. The Morgan fingerprint density at radius 3 is 2.80 bits per heavy atom. The van der Waals surface area contributed by atoms with Gasteiger partial charge in [-0.05, 0) is 32.1 Å². The summed E-state index contributed by atoms with van der Waals surface area (Å²) in [6.07, 6.45) is 6.45.